The molecule has 8 nitrogen and oxygen atoms in total. The number of hydrogen-bond donors (Lipinski definition) is 4. The number of aliphatic carboxylic acids is 4. The van der Waals surface area contributed by atoms with E-state index in [-0.39, 0.29) is 6.42 Å². The Morgan fingerprint density at radius 2 is 0.857 bits per heavy atom. The number of carbonyl (C=O) groups is 4. The van der Waals surface area contributed by atoms with Crippen molar-refractivity contribution >= 4 is 23.9 Å². The van der Waals surface area contributed by atoms with Crippen molar-refractivity contribution in [1.29, 1.82) is 0 Å². The second-order valence-electron chi connectivity index (χ2n) is 3.55. The predicted octanol–water partition coefficient (Wildman–Crippen LogP) is 2.31. The van der Waals surface area contributed by atoms with Crippen molar-refractivity contribution in [3.05, 3.63) is 0 Å². The zero-order valence-electron chi connectivity index (χ0n) is 13.0. The quantitative estimate of drug-likeness (QED) is 0.604. The molecular formula is C13H26O8. The standard InChI is InChI=1S/2C4H8O2.C3H6O2.C2H4O2/c2*1-2-3-4(5)6;1-2-3(4)5;1-2(3)4/h2*2-3H2,1H3,(H,5,6);2H2,1H3,(H,4,5);1H3,(H,3,4). The summed E-state index contributed by atoms with van der Waals surface area (Å²) >= 11 is 0. The summed E-state index contributed by atoms with van der Waals surface area (Å²) in [7, 11) is 0. The molecule has 0 radical (unpaired) electrons. The van der Waals surface area contributed by atoms with Gasteiger partial charge in [0.05, 0.1) is 0 Å². The van der Waals surface area contributed by atoms with Gasteiger partial charge in [0, 0.05) is 26.2 Å². The highest BCUT2D eigenvalue weighted by molar-refractivity contribution is 5.66. The van der Waals surface area contributed by atoms with Gasteiger partial charge in [-0.25, -0.2) is 0 Å². The lowest BCUT2D eigenvalue weighted by atomic mass is 10.4. The van der Waals surface area contributed by atoms with Gasteiger partial charge in [-0.05, 0) is 12.8 Å². The Labute approximate surface area is 124 Å². The molecule has 0 spiro atoms. The van der Waals surface area contributed by atoms with Crippen molar-refractivity contribution in [2.45, 2.75) is 59.8 Å². The van der Waals surface area contributed by atoms with E-state index < -0.39 is 23.9 Å². The van der Waals surface area contributed by atoms with E-state index in [1.54, 1.807) is 6.92 Å². The first-order chi connectivity index (χ1) is 9.54. The number of carboxylic acids is 4. The monoisotopic (exact) mass is 310 g/mol. The van der Waals surface area contributed by atoms with Crippen LogP contribution >= 0.6 is 0 Å². The van der Waals surface area contributed by atoms with E-state index in [9.17, 15) is 14.4 Å². The first-order valence-electron chi connectivity index (χ1n) is 6.39. The van der Waals surface area contributed by atoms with E-state index in [4.69, 9.17) is 25.2 Å². The number of carboxylic acid groups (broad SMARTS) is 4. The van der Waals surface area contributed by atoms with Crippen LogP contribution in [0.4, 0.5) is 0 Å². The summed E-state index contributed by atoms with van der Waals surface area (Å²) in [5.74, 6) is -3.00. The van der Waals surface area contributed by atoms with Gasteiger partial charge in [-0.2, -0.15) is 0 Å². The first-order valence-corrected chi connectivity index (χ1v) is 6.39. The molecule has 0 aromatic carbocycles. The summed E-state index contributed by atoms with van der Waals surface area (Å²) in [4.78, 5) is 37.6. The van der Waals surface area contributed by atoms with E-state index in [0.29, 0.717) is 12.8 Å². The van der Waals surface area contributed by atoms with Gasteiger partial charge in [0.15, 0.2) is 0 Å². The normalized spacial score (nSPS) is 7.62. The minimum Gasteiger partial charge on any atom is -0.481 e. The van der Waals surface area contributed by atoms with Crippen LogP contribution in [-0.4, -0.2) is 44.3 Å². The molecule has 0 fully saturated rings. The van der Waals surface area contributed by atoms with Crippen LogP contribution in [-0.2, 0) is 19.2 Å². The lowest BCUT2D eigenvalue weighted by molar-refractivity contribution is -0.138. The molecule has 126 valence electrons. The Kier molecular flexibility index (Phi) is 29.9. The Bertz CT molecular complexity index is 266. The topological polar surface area (TPSA) is 149 Å². The molecule has 0 aliphatic carbocycles. The molecule has 0 aliphatic rings. The van der Waals surface area contributed by atoms with Gasteiger partial charge in [0.25, 0.3) is 5.97 Å². The molecule has 0 atom stereocenters. The van der Waals surface area contributed by atoms with E-state index in [1.807, 2.05) is 13.8 Å². The van der Waals surface area contributed by atoms with Gasteiger partial charge in [-0.1, -0.05) is 20.8 Å². The molecule has 0 aromatic heterocycles. The van der Waals surface area contributed by atoms with Gasteiger partial charge < -0.3 is 20.4 Å². The lowest BCUT2D eigenvalue weighted by Gasteiger charge is -1.79. The highest BCUT2D eigenvalue weighted by atomic mass is 16.4. The van der Waals surface area contributed by atoms with Crippen molar-refractivity contribution in [2.24, 2.45) is 0 Å². The van der Waals surface area contributed by atoms with Crippen LogP contribution < -0.4 is 0 Å². The molecule has 0 saturated heterocycles. The number of hydrogen-bond acceptors (Lipinski definition) is 4. The molecule has 0 rings (SSSR count). The third-order valence-corrected chi connectivity index (χ3v) is 1.23. The van der Waals surface area contributed by atoms with Crippen molar-refractivity contribution in [3.63, 3.8) is 0 Å². The van der Waals surface area contributed by atoms with Crippen LogP contribution in [0.1, 0.15) is 59.8 Å². The van der Waals surface area contributed by atoms with Crippen molar-refractivity contribution < 1.29 is 39.6 Å². The zero-order valence-corrected chi connectivity index (χ0v) is 13.0. The van der Waals surface area contributed by atoms with Crippen molar-refractivity contribution in [2.75, 3.05) is 0 Å². The van der Waals surface area contributed by atoms with Gasteiger partial charge in [0.1, 0.15) is 0 Å². The fourth-order valence-corrected chi connectivity index (χ4v) is 0.428. The summed E-state index contributed by atoms with van der Waals surface area (Å²) < 4.78 is 0. The van der Waals surface area contributed by atoms with Gasteiger partial charge in [-0.3, -0.25) is 19.2 Å². The highest BCUT2D eigenvalue weighted by Gasteiger charge is 1.88. The van der Waals surface area contributed by atoms with Crippen LogP contribution in [0.3, 0.4) is 0 Å². The predicted molar refractivity (Wildman–Crippen MR) is 76.3 cm³/mol. The minimum atomic E-state index is -0.833. The molecule has 4 N–H and O–H groups in total. The molecule has 0 unspecified atom stereocenters. The molecule has 0 aromatic rings. The summed E-state index contributed by atoms with van der Waals surface area (Å²) in [6, 6.07) is 0. The van der Waals surface area contributed by atoms with Gasteiger partial charge in [0.2, 0.25) is 0 Å². The van der Waals surface area contributed by atoms with E-state index in [1.165, 1.54) is 0 Å². The van der Waals surface area contributed by atoms with Crippen LogP contribution in [0, 0.1) is 0 Å². The second-order valence-corrected chi connectivity index (χ2v) is 3.55. The molecule has 0 bridgehead atoms. The minimum absolute atomic E-state index is 0.222. The zero-order chi connectivity index (χ0) is 17.8. The fourth-order valence-electron chi connectivity index (χ4n) is 0.428. The maximum absolute atomic E-state index is 9.60. The Morgan fingerprint density at radius 1 is 0.667 bits per heavy atom. The molecule has 0 saturated carbocycles. The average Bonchev–Trinajstić information content (AvgIpc) is 2.29. The SMILES string of the molecule is CC(=O)O.CCC(=O)O.CCCC(=O)O.CCCC(=O)O. The summed E-state index contributed by atoms with van der Waals surface area (Å²) in [6.45, 7) is 6.37. The van der Waals surface area contributed by atoms with E-state index in [0.717, 1.165) is 19.8 Å². The molecule has 21 heavy (non-hydrogen) atoms. The fraction of sp³-hybridized carbons (Fsp3) is 0.692. The summed E-state index contributed by atoms with van der Waals surface area (Å²) in [5.41, 5.74) is 0. The third-order valence-electron chi connectivity index (χ3n) is 1.23. The largest absolute Gasteiger partial charge is 0.481 e. The smallest absolute Gasteiger partial charge is 0.303 e. The molecule has 0 heterocycles. The Hall–Kier alpha value is -2.12. The van der Waals surface area contributed by atoms with Crippen molar-refractivity contribution in [1.82, 2.24) is 0 Å². The van der Waals surface area contributed by atoms with Gasteiger partial charge in [-0.15, -0.1) is 0 Å². The maximum atomic E-state index is 9.60. The van der Waals surface area contributed by atoms with Crippen LogP contribution in [0.5, 0.6) is 0 Å². The van der Waals surface area contributed by atoms with Crippen LogP contribution in [0.15, 0.2) is 0 Å². The maximum Gasteiger partial charge on any atom is 0.303 e. The second kappa shape index (κ2) is 23.0. The lowest BCUT2D eigenvalue weighted by Crippen LogP contribution is -1.90. The Morgan fingerprint density at radius 3 is 0.857 bits per heavy atom. The highest BCUT2D eigenvalue weighted by Crippen LogP contribution is 1.82. The van der Waals surface area contributed by atoms with E-state index >= 15 is 0 Å². The Balaban J connectivity index is -0.0000000929. The third kappa shape index (κ3) is 130. The first kappa shape index (κ1) is 27.3. The van der Waals surface area contributed by atoms with Crippen molar-refractivity contribution in [3.8, 4) is 0 Å². The summed E-state index contributed by atoms with van der Waals surface area (Å²) in [5, 5.41) is 31.0. The van der Waals surface area contributed by atoms with Crippen LogP contribution in [0.25, 0.3) is 0 Å². The van der Waals surface area contributed by atoms with E-state index in [2.05, 4.69) is 0 Å². The van der Waals surface area contributed by atoms with Gasteiger partial charge >= 0.3 is 17.9 Å². The van der Waals surface area contributed by atoms with Crippen LogP contribution in [0.2, 0.25) is 0 Å². The number of rotatable bonds is 5. The summed E-state index contributed by atoms with van der Waals surface area (Å²) in [6.07, 6.45) is 2.27. The molecule has 8 heteroatoms. The molecule has 0 aliphatic heterocycles. The average molecular weight is 310 g/mol. The molecule has 0 amide bonds. The molecular weight excluding hydrogens is 284 g/mol.